The predicted molar refractivity (Wildman–Crippen MR) is 104 cm³/mol. The fourth-order valence-electron chi connectivity index (χ4n) is 3.37. The summed E-state index contributed by atoms with van der Waals surface area (Å²) < 4.78 is 27.9. The molecule has 0 radical (unpaired) electrons. The van der Waals surface area contributed by atoms with Gasteiger partial charge in [0.1, 0.15) is 0 Å². The Balaban J connectivity index is 0.00000243. The van der Waals surface area contributed by atoms with Gasteiger partial charge < -0.3 is 5.73 Å². The van der Waals surface area contributed by atoms with E-state index in [1.807, 2.05) is 13.0 Å². The lowest BCUT2D eigenvalue weighted by molar-refractivity contribution is 0.103. The van der Waals surface area contributed by atoms with Gasteiger partial charge >= 0.3 is 0 Å². The van der Waals surface area contributed by atoms with Crippen LogP contribution in [0.3, 0.4) is 0 Å². The second-order valence-electron chi connectivity index (χ2n) is 6.45. The summed E-state index contributed by atoms with van der Waals surface area (Å²) in [6.07, 6.45) is 0.741. The van der Waals surface area contributed by atoms with Crippen molar-refractivity contribution in [3.05, 3.63) is 65.7 Å². The van der Waals surface area contributed by atoms with Crippen LogP contribution in [0.5, 0.6) is 0 Å². The number of ketones is 1. The van der Waals surface area contributed by atoms with Crippen LogP contribution in [0, 0.1) is 5.92 Å². The summed E-state index contributed by atoms with van der Waals surface area (Å²) in [5.74, 6) is -0.135. The maximum Gasteiger partial charge on any atom is 0.244 e. The quantitative estimate of drug-likeness (QED) is 0.790. The van der Waals surface area contributed by atoms with Gasteiger partial charge in [-0.15, -0.1) is 12.4 Å². The number of nitrogens with zero attached hydrogens (tertiary/aromatic N) is 1. The number of benzene rings is 2. The first-order chi connectivity index (χ1) is 11.9. The molecule has 2 aromatic carbocycles. The van der Waals surface area contributed by atoms with Crippen molar-refractivity contribution in [2.45, 2.75) is 24.3 Å². The zero-order valence-electron chi connectivity index (χ0n) is 14.5. The lowest BCUT2D eigenvalue weighted by atomic mass is 10.0. The summed E-state index contributed by atoms with van der Waals surface area (Å²) in [5, 5.41) is 0. The number of sulfonamides is 1. The van der Waals surface area contributed by atoms with Crippen LogP contribution in [-0.4, -0.2) is 37.6 Å². The first kappa shape index (κ1) is 20.6. The van der Waals surface area contributed by atoms with Gasteiger partial charge in [-0.25, -0.2) is 8.42 Å². The van der Waals surface area contributed by atoms with Crippen LogP contribution in [0.25, 0.3) is 0 Å². The second-order valence-corrected chi connectivity index (χ2v) is 8.31. The van der Waals surface area contributed by atoms with Gasteiger partial charge in [0.15, 0.2) is 5.78 Å². The molecule has 1 heterocycles. The average Bonchev–Trinajstić information content (AvgIpc) is 3.03. The van der Waals surface area contributed by atoms with Gasteiger partial charge in [-0.2, -0.15) is 4.31 Å². The molecule has 1 aliphatic rings. The van der Waals surface area contributed by atoms with Gasteiger partial charge in [-0.1, -0.05) is 42.5 Å². The lowest BCUT2D eigenvalue weighted by Crippen LogP contribution is -2.35. The molecule has 2 N–H and O–H groups in total. The highest BCUT2D eigenvalue weighted by Gasteiger charge is 2.38. The molecular weight excluding hydrogens is 372 g/mol. The Hall–Kier alpha value is -1.73. The smallest absolute Gasteiger partial charge is 0.244 e. The fourth-order valence-corrected chi connectivity index (χ4v) is 5.27. The molecule has 2 unspecified atom stereocenters. The standard InChI is InChI=1S/C19H22N2O3S.ClH/c1-14-11-15(12-20)13-21(14)25(23,24)18-10-6-5-9-17(18)19(22)16-7-3-2-4-8-16;/h2-10,14-15H,11-13,20H2,1H3;1H. The largest absolute Gasteiger partial charge is 0.330 e. The van der Waals surface area contributed by atoms with Crippen LogP contribution >= 0.6 is 12.4 Å². The Morgan fingerprint density at radius 3 is 2.35 bits per heavy atom. The van der Waals surface area contributed by atoms with Crippen molar-refractivity contribution in [1.82, 2.24) is 4.31 Å². The summed E-state index contributed by atoms with van der Waals surface area (Å²) in [6, 6.07) is 15.0. The van der Waals surface area contributed by atoms with Gasteiger partial charge in [0.2, 0.25) is 10.0 Å². The van der Waals surface area contributed by atoms with E-state index < -0.39 is 10.0 Å². The maximum atomic E-state index is 13.2. The van der Waals surface area contributed by atoms with Crippen molar-refractivity contribution < 1.29 is 13.2 Å². The number of hydrogen-bond donors (Lipinski definition) is 1. The number of carbonyl (C=O) groups excluding carboxylic acids is 1. The Morgan fingerprint density at radius 2 is 1.73 bits per heavy atom. The molecule has 26 heavy (non-hydrogen) atoms. The van der Waals surface area contributed by atoms with E-state index in [1.54, 1.807) is 42.5 Å². The van der Waals surface area contributed by atoms with Crippen molar-refractivity contribution in [3.63, 3.8) is 0 Å². The van der Waals surface area contributed by atoms with Crippen LogP contribution in [0.2, 0.25) is 0 Å². The van der Waals surface area contributed by atoms with Crippen molar-refractivity contribution in [2.75, 3.05) is 13.1 Å². The van der Waals surface area contributed by atoms with Crippen LogP contribution in [-0.2, 0) is 10.0 Å². The Kier molecular flexibility index (Phi) is 6.58. The molecule has 2 atom stereocenters. The van der Waals surface area contributed by atoms with Crippen LogP contribution in [0.15, 0.2) is 59.5 Å². The van der Waals surface area contributed by atoms with E-state index in [0.717, 1.165) is 6.42 Å². The molecule has 0 aromatic heterocycles. The van der Waals surface area contributed by atoms with E-state index in [2.05, 4.69) is 0 Å². The van der Waals surface area contributed by atoms with Crippen LogP contribution < -0.4 is 5.73 Å². The Morgan fingerprint density at radius 1 is 1.12 bits per heavy atom. The topological polar surface area (TPSA) is 80.5 Å². The molecular formula is C19H23ClN2O3S. The zero-order chi connectivity index (χ0) is 18.0. The van der Waals surface area contributed by atoms with E-state index in [-0.39, 0.29) is 40.6 Å². The summed E-state index contributed by atoms with van der Waals surface area (Å²) in [7, 11) is -3.76. The fraction of sp³-hybridized carbons (Fsp3) is 0.316. The van der Waals surface area contributed by atoms with Gasteiger partial charge in [0.25, 0.3) is 0 Å². The van der Waals surface area contributed by atoms with Crippen LogP contribution in [0.1, 0.15) is 29.3 Å². The molecule has 1 fully saturated rings. The monoisotopic (exact) mass is 394 g/mol. The predicted octanol–water partition coefficient (Wildman–Crippen LogP) is 2.70. The second kappa shape index (κ2) is 8.31. The number of hydrogen-bond acceptors (Lipinski definition) is 4. The summed E-state index contributed by atoms with van der Waals surface area (Å²) in [4.78, 5) is 12.9. The molecule has 3 rings (SSSR count). The number of nitrogens with two attached hydrogens (primary N) is 1. The Bertz CT molecular complexity index is 871. The van der Waals surface area contributed by atoms with Crippen LogP contribution in [0.4, 0.5) is 0 Å². The summed E-state index contributed by atoms with van der Waals surface area (Å²) in [5.41, 5.74) is 6.40. The minimum absolute atomic E-state index is 0. The molecule has 0 saturated carbocycles. The minimum Gasteiger partial charge on any atom is -0.330 e. The van der Waals surface area contributed by atoms with Gasteiger partial charge in [0, 0.05) is 23.7 Å². The molecule has 7 heteroatoms. The van der Waals surface area contributed by atoms with Gasteiger partial charge in [-0.05, 0) is 37.9 Å². The molecule has 1 saturated heterocycles. The minimum atomic E-state index is -3.76. The molecule has 5 nitrogen and oxygen atoms in total. The molecule has 0 aliphatic carbocycles. The van der Waals surface area contributed by atoms with Crippen molar-refractivity contribution in [3.8, 4) is 0 Å². The molecule has 2 aromatic rings. The Labute approximate surface area is 160 Å². The normalized spacial score (nSPS) is 20.5. The number of halogens is 1. The average molecular weight is 395 g/mol. The van der Waals surface area contributed by atoms with Gasteiger partial charge in [0.05, 0.1) is 4.90 Å². The zero-order valence-corrected chi connectivity index (χ0v) is 16.2. The highest BCUT2D eigenvalue weighted by Crippen LogP contribution is 2.31. The molecule has 0 amide bonds. The first-order valence-corrected chi connectivity index (χ1v) is 9.80. The molecule has 0 bridgehead atoms. The highest BCUT2D eigenvalue weighted by molar-refractivity contribution is 7.89. The van der Waals surface area contributed by atoms with E-state index in [4.69, 9.17) is 5.73 Å². The maximum absolute atomic E-state index is 13.2. The van der Waals surface area contributed by atoms with Crippen molar-refractivity contribution in [2.24, 2.45) is 11.7 Å². The lowest BCUT2D eigenvalue weighted by Gasteiger charge is -2.22. The van der Waals surface area contributed by atoms with Gasteiger partial charge in [-0.3, -0.25) is 4.79 Å². The third-order valence-electron chi connectivity index (χ3n) is 4.69. The van der Waals surface area contributed by atoms with E-state index in [9.17, 15) is 13.2 Å². The van der Waals surface area contributed by atoms with Crippen molar-refractivity contribution in [1.29, 1.82) is 0 Å². The number of rotatable bonds is 5. The van der Waals surface area contributed by atoms with E-state index in [1.165, 1.54) is 10.4 Å². The third kappa shape index (κ3) is 3.83. The van der Waals surface area contributed by atoms with E-state index >= 15 is 0 Å². The number of carbonyl (C=O) groups is 1. The highest BCUT2D eigenvalue weighted by atomic mass is 35.5. The third-order valence-corrected chi connectivity index (χ3v) is 6.73. The summed E-state index contributed by atoms with van der Waals surface area (Å²) in [6.45, 7) is 2.74. The molecule has 140 valence electrons. The van der Waals surface area contributed by atoms with E-state index in [0.29, 0.717) is 18.7 Å². The molecule has 1 aliphatic heterocycles. The van der Waals surface area contributed by atoms with Crippen molar-refractivity contribution >= 4 is 28.2 Å². The molecule has 0 spiro atoms. The first-order valence-electron chi connectivity index (χ1n) is 8.36. The summed E-state index contributed by atoms with van der Waals surface area (Å²) >= 11 is 0. The SMILES string of the molecule is CC1CC(CN)CN1S(=O)(=O)c1ccccc1C(=O)c1ccccc1.Cl.